The number of Topliss-reactive ketones (excluding diaryl/α,β-unsaturated/α-hetero) is 1. The summed E-state index contributed by atoms with van der Waals surface area (Å²) in [6, 6.07) is -0.664. The predicted molar refractivity (Wildman–Crippen MR) is 158 cm³/mol. The van der Waals surface area contributed by atoms with Crippen molar-refractivity contribution >= 4 is 30.9 Å². The third kappa shape index (κ3) is 21.7. The Morgan fingerprint density at radius 1 is 0.684 bits per heavy atom. The van der Waals surface area contributed by atoms with E-state index in [1.54, 1.807) is 6.92 Å². The summed E-state index contributed by atoms with van der Waals surface area (Å²) in [7, 11) is 3.83. The number of carbonyl (C=O) groups is 4. The third-order valence-corrected chi connectivity index (χ3v) is 8.18. The van der Waals surface area contributed by atoms with Gasteiger partial charge in [0.2, 0.25) is 5.91 Å². The number of nitrogens with zero attached hydrogens (tertiary/aromatic N) is 1. The van der Waals surface area contributed by atoms with Crippen molar-refractivity contribution in [3.05, 3.63) is 0 Å². The second-order valence-corrected chi connectivity index (χ2v) is 13.4. The molecule has 0 saturated heterocycles. The lowest BCUT2D eigenvalue weighted by molar-refractivity contribution is -0.870. The van der Waals surface area contributed by atoms with Crippen LogP contribution in [0.2, 0.25) is 0 Å². The van der Waals surface area contributed by atoms with Crippen LogP contribution >= 0.6 is 8.15 Å². The molecule has 0 rings (SSSR count). The van der Waals surface area contributed by atoms with Crippen molar-refractivity contribution in [1.29, 1.82) is 0 Å². The Bertz CT molecular complexity index is 678. The molecule has 7 nitrogen and oxygen atoms in total. The van der Waals surface area contributed by atoms with Crippen LogP contribution in [0.5, 0.6) is 0 Å². The summed E-state index contributed by atoms with van der Waals surface area (Å²) in [5.41, 5.74) is -0.981. The number of hydrogen-bond donors (Lipinski definition) is 2. The molecule has 222 valence electrons. The van der Waals surface area contributed by atoms with Gasteiger partial charge >= 0.3 is 0 Å². The van der Waals surface area contributed by atoms with E-state index in [4.69, 9.17) is 0 Å². The van der Waals surface area contributed by atoms with E-state index >= 15 is 0 Å². The lowest BCUT2D eigenvalue weighted by atomic mass is 10.0. The Balaban J connectivity index is 4.31. The number of hydrogen-bond acceptors (Lipinski definition) is 5. The molecule has 0 bridgehead atoms. The summed E-state index contributed by atoms with van der Waals surface area (Å²) in [4.78, 5) is 59.8. The van der Waals surface area contributed by atoms with Crippen molar-refractivity contribution in [1.82, 2.24) is 5.32 Å². The Kier molecular flexibility index (Phi) is 21.9. The molecule has 2 atom stereocenters. The average Bonchev–Trinajstić information content (AvgIpc) is 2.85. The van der Waals surface area contributed by atoms with E-state index in [0.717, 1.165) is 36.7 Å². The van der Waals surface area contributed by atoms with Gasteiger partial charge in [-0.2, -0.15) is 0 Å². The van der Waals surface area contributed by atoms with Gasteiger partial charge < -0.3 is 14.7 Å². The third-order valence-electron chi connectivity index (χ3n) is 6.83. The van der Waals surface area contributed by atoms with Gasteiger partial charge in [-0.05, 0) is 19.3 Å². The van der Waals surface area contributed by atoms with Crippen molar-refractivity contribution in [2.75, 3.05) is 27.7 Å². The fourth-order valence-electron chi connectivity index (χ4n) is 4.45. The number of rotatable bonds is 26. The van der Waals surface area contributed by atoms with Gasteiger partial charge in [-0.3, -0.25) is 19.2 Å². The van der Waals surface area contributed by atoms with Crippen molar-refractivity contribution in [3.63, 3.8) is 0 Å². The molecule has 0 radical (unpaired) electrons. The Labute approximate surface area is 234 Å². The number of ketones is 1. The molecule has 2 N–H and O–H groups in total. The Morgan fingerprint density at radius 3 is 1.68 bits per heavy atom. The SMILES string of the molecule is CCCCCCCCCCCCCCC(=O)CC(CC(=O)P(O)C(=O)CCCC[N+](C)(C)C)NC(=O)CC. The molecule has 38 heavy (non-hydrogen) atoms. The number of amides is 1. The maximum absolute atomic E-state index is 12.6. The Hall–Kier alpha value is -1.17. The molecule has 1 amide bonds. The molecule has 2 unspecified atom stereocenters. The highest BCUT2D eigenvalue weighted by Crippen LogP contribution is 2.36. The summed E-state index contributed by atoms with van der Waals surface area (Å²) < 4.78 is 0.799. The molecule has 0 saturated carbocycles. The predicted octanol–water partition coefficient (Wildman–Crippen LogP) is 6.64. The standard InChI is InChI=1S/C30H57N2O5P/c1-6-8-9-10-11-12-13-14-15-16-17-18-21-27(33)24-26(31-28(34)7-2)25-30(36)38(37)29(35)22-19-20-23-32(3,4)5/h26,37H,6-25H2,1-5H3/p+1. The van der Waals surface area contributed by atoms with Gasteiger partial charge in [-0.25, -0.2) is 0 Å². The van der Waals surface area contributed by atoms with E-state index in [0.29, 0.717) is 12.8 Å². The fourth-order valence-corrected chi connectivity index (χ4v) is 5.49. The monoisotopic (exact) mass is 557 g/mol. The second-order valence-electron chi connectivity index (χ2n) is 11.8. The highest BCUT2D eigenvalue weighted by atomic mass is 31.1. The van der Waals surface area contributed by atoms with E-state index in [1.807, 2.05) is 0 Å². The van der Waals surface area contributed by atoms with E-state index < -0.39 is 25.2 Å². The second kappa shape index (κ2) is 22.6. The van der Waals surface area contributed by atoms with Gasteiger partial charge in [-0.15, -0.1) is 0 Å². The minimum absolute atomic E-state index is 0.0141. The molecular weight excluding hydrogens is 499 g/mol. The van der Waals surface area contributed by atoms with E-state index in [-0.39, 0.29) is 37.4 Å². The lowest BCUT2D eigenvalue weighted by Crippen LogP contribution is -2.37. The summed E-state index contributed by atoms with van der Waals surface area (Å²) in [5.74, 6) is -0.227. The zero-order valence-electron chi connectivity index (χ0n) is 25.2. The van der Waals surface area contributed by atoms with Crippen LogP contribution < -0.4 is 5.32 Å². The van der Waals surface area contributed by atoms with Crippen LogP contribution in [0, 0.1) is 0 Å². The van der Waals surface area contributed by atoms with Crippen LogP contribution in [-0.2, 0) is 19.2 Å². The van der Waals surface area contributed by atoms with E-state index in [9.17, 15) is 24.1 Å². The van der Waals surface area contributed by atoms with Crippen LogP contribution in [0.3, 0.4) is 0 Å². The van der Waals surface area contributed by atoms with E-state index in [1.165, 1.54) is 57.8 Å². The first-order chi connectivity index (χ1) is 18.0. The van der Waals surface area contributed by atoms with Gasteiger partial charge in [0.15, 0.2) is 19.2 Å². The minimum atomic E-state index is -2.41. The number of unbranched alkanes of at least 4 members (excludes halogenated alkanes) is 12. The number of nitrogens with one attached hydrogen (secondary N) is 1. The quantitative estimate of drug-likeness (QED) is 0.0705. The first-order valence-corrected chi connectivity index (χ1v) is 16.5. The van der Waals surface area contributed by atoms with Gasteiger partial charge in [0.25, 0.3) is 0 Å². The average molecular weight is 558 g/mol. The highest BCUT2D eigenvalue weighted by Gasteiger charge is 2.28. The minimum Gasteiger partial charge on any atom is -0.360 e. The summed E-state index contributed by atoms with van der Waals surface area (Å²) in [6.07, 6.45) is 17.0. The molecule has 0 aromatic carbocycles. The molecule has 0 heterocycles. The number of quaternary nitrogens is 1. The zero-order chi connectivity index (χ0) is 28.8. The van der Waals surface area contributed by atoms with Crippen molar-refractivity contribution in [2.24, 2.45) is 0 Å². The molecule has 8 heteroatoms. The largest absolute Gasteiger partial charge is 0.360 e. The molecule has 0 aliphatic heterocycles. The van der Waals surface area contributed by atoms with Crippen LogP contribution in [0.1, 0.15) is 136 Å². The summed E-state index contributed by atoms with van der Waals surface area (Å²) in [6.45, 7) is 4.86. The first kappa shape index (κ1) is 36.8. The van der Waals surface area contributed by atoms with Crippen LogP contribution in [-0.4, -0.2) is 65.8 Å². The molecule has 0 aromatic heterocycles. The van der Waals surface area contributed by atoms with Gasteiger partial charge in [0, 0.05) is 38.1 Å². The Morgan fingerprint density at radius 2 is 1.18 bits per heavy atom. The summed E-state index contributed by atoms with van der Waals surface area (Å²) >= 11 is 0. The topological polar surface area (TPSA) is 101 Å². The van der Waals surface area contributed by atoms with Crippen molar-refractivity contribution in [3.8, 4) is 0 Å². The molecule has 0 spiro atoms. The van der Waals surface area contributed by atoms with Crippen molar-refractivity contribution < 1.29 is 28.6 Å². The van der Waals surface area contributed by atoms with Gasteiger partial charge in [0.1, 0.15) is 5.78 Å². The van der Waals surface area contributed by atoms with Gasteiger partial charge in [0.05, 0.1) is 27.7 Å². The normalized spacial score (nSPS) is 13.2. The number of carbonyl (C=O) groups excluding carboxylic acids is 4. The molecular formula is C30H58N2O5P+. The maximum atomic E-state index is 12.6. The van der Waals surface area contributed by atoms with Crippen LogP contribution in [0.4, 0.5) is 0 Å². The first-order valence-electron chi connectivity index (χ1n) is 15.2. The molecule has 0 aliphatic carbocycles. The highest BCUT2D eigenvalue weighted by molar-refractivity contribution is 7.84. The lowest BCUT2D eigenvalue weighted by Gasteiger charge is -2.23. The van der Waals surface area contributed by atoms with Crippen molar-refractivity contribution in [2.45, 2.75) is 142 Å². The van der Waals surface area contributed by atoms with Gasteiger partial charge in [-0.1, -0.05) is 84.5 Å². The molecule has 0 aliphatic rings. The molecule has 0 aromatic rings. The smallest absolute Gasteiger partial charge is 0.219 e. The fraction of sp³-hybridized carbons (Fsp3) is 0.867. The van der Waals surface area contributed by atoms with Crippen LogP contribution in [0.15, 0.2) is 0 Å². The summed E-state index contributed by atoms with van der Waals surface area (Å²) in [5, 5.41) is 2.74. The zero-order valence-corrected chi connectivity index (χ0v) is 26.1. The van der Waals surface area contributed by atoms with Crippen LogP contribution in [0.25, 0.3) is 0 Å². The maximum Gasteiger partial charge on any atom is 0.219 e. The van der Waals surface area contributed by atoms with E-state index in [2.05, 4.69) is 33.4 Å². The molecule has 0 fully saturated rings.